The molecule has 0 radical (unpaired) electrons. The molecule has 0 aliphatic carbocycles. The fraction of sp³-hybridized carbons (Fsp3) is 0.500. The first-order valence-corrected chi connectivity index (χ1v) is 5.94. The second-order valence-corrected chi connectivity index (χ2v) is 5.02. The van der Waals surface area contributed by atoms with Crippen molar-refractivity contribution in [1.29, 1.82) is 0 Å². The van der Waals surface area contributed by atoms with E-state index < -0.39 is 0 Å². The van der Waals surface area contributed by atoms with E-state index in [-0.39, 0.29) is 5.78 Å². The van der Waals surface area contributed by atoms with E-state index in [4.69, 9.17) is 0 Å². The van der Waals surface area contributed by atoms with Crippen molar-refractivity contribution in [3.8, 4) is 0 Å². The molecule has 0 N–H and O–H groups in total. The summed E-state index contributed by atoms with van der Waals surface area (Å²) in [7, 11) is 0. The van der Waals surface area contributed by atoms with E-state index in [0.29, 0.717) is 0 Å². The molecular weight excluding hydrogens is 198 g/mol. The van der Waals surface area contributed by atoms with E-state index in [1.807, 2.05) is 18.2 Å². The Morgan fingerprint density at radius 3 is 2.62 bits per heavy atom. The van der Waals surface area contributed by atoms with Crippen molar-refractivity contribution in [1.82, 2.24) is 0 Å². The van der Waals surface area contributed by atoms with Gasteiger partial charge in [-0.05, 0) is 30.9 Å². The molecule has 2 nitrogen and oxygen atoms in total. The Kier molecular flexibility index (Phi) is 2.99. The quantitative estimate of drug-likeness (QED) is 0.725. The summed E-state index contributed by atoms with van der Waals surface area (Å²) in [6, 6.07) is 7.93. The average molecular weight is 217 g/mol. The number of benzene rings is 1. The van der Waals surface area contributed by atoms with Gasteiger partial charge in [0.1, 0.15) is 0 Å². The van der Waals surface area contributed by atoms with Crippen LogP contribution in [-0.2, 0) is 0 Å². The van der Waals surface area contributed by atoms with Crippen molar-refractivity contribution in [3.05, 3.63) is 29.8 Å². The van der Waals surface area contributed by atoms with Crippen LogP contribution in [0.1, 0.15) is 31.1 Å². The van der Waals surface area contributed by atoms with Gasteiger partial charge in [0.05, 0.1) is 0 Å². The fourth-order valence-corrected chi connectivity index (χ4v) is 2.07. The van der Waals surface area contributed by atoms with Crippen molar-refractivity contribution in [3.63, 3.8) is 0 Å². The fourth-order valence-electron chi connectivity index (χ4n) is 2.07. The molecule has 0 aromatic heterocycles. The first kappa shape index (κ1) is 11.2. The summed E-state index contributed by atoms with van der Waals surface area (Å²) in [5.74, 6) is 1.70. The summed E-state index contributed by atoms with van der Waals surface area (Å²) in [5.41, 5.74) is 2.00. The van der Waals surface area contributed by atoms with Gasteiger partial charge in [-0.15, -0.1) is 0 Å². The number of Topliss-reactive ketones (excluding diaryl/α,β-unsaturated/α-hetero) is 1. The zero-order valence-electron chi connectivity index (χ0n) is 10.2. The number of nitrogens with zero attached hydrogens (tertiary/aromatic N) is 1. The van der Waals surface area contributed by atoms with E-state index >= 15 is 0 Å². The van der Waals surface area contributed by atoms with Gasteiger partial charge in [0.2, 0.25) is 0 Å². The Hall–Kier alpha value is -1.31. The number of anilines is 1. The average Bonchev–Trinajstić information content (AvgIpc) is 2.15. The topological polar surface area (TPSA) is 20.3 Å². The zero-order chi connectivity index (χ0) is 11.7. The van der Waals surface area contributed by atoms with Gasteiger partial charge in [0.25, 0.3) is 0 Å². The summed E-state index contributed by atoms with van der Waals surface area (Å²) < 4.78 is 0. The molecule has 1 heterocycles. The van der Waals surface area contributed by atoms with Gasteiger partial charge in [-0.1, -0.05) is 26.0 Å². The van der Waals surface area contributed by atoms with Gasteiger partial charge in [-0.2, -0.15) is 0 Å². The summed E-state index contributed by atoms with van der Waals surface area (Å²) >= 11 is 0. The number of rotatable bonds is 3. The van der Waals surface area contributed by atoms with Crippen molar-refractivity contribution in [2.75, 3.05) is 18.0 Å². The lowest BCUT2D eigenvalue weighted by Gasteiger charge is -2.43. The highest BCUT2D eigenvalue weighted by atomic mass is 16.1. The molecule has 86 valence electrons. The largest absolute Gasteiger partial charge is 0.371 e. The number of ketones is 1. The van der Waals surface area contributed by atoms with Gasteiger partial charge < -0.3 is 4.90 Å². The molecule has 0 spiro atoms. The molecule has 2 rings (SSSR count). The maximum atomic E-state index is 11.3. The van der Waals surface area contributed by atoms with Crippen molar-refractivity contribution in [2.24, 2.45) is 11.8 Å². The summed E-state index contributed by atoms with van der Waals surface area (Å²) in [6.45, 7) is 8.41. The number of hydrogen-bond acceptors (Lipinski definition) is 2. The second kappa shape index (κ2) is 4.28. The van der Waals surface area contributed by atoms with Crippen LogP contribution in [-0.4, -0.2) is 18.9 Å². The third-order valence-electron chi connectivity index (χ3n) is 3.47. The summed E-state index contributed by atoms with van der Waals surface area (Å²) in [4.78, 5) is 13.6. The van der Waals surface area contributed by atoms with Crippen LogP contribution >= 0.6 is 0 Å². The molecular formula is C14H19NO. The summed E-state index contributed by atoms with van der Waals surface area (Å²) in [6.07, 6.45) is 0. The highest BCUT2D eigenvalue weighted by molar-refractivity contribution is 5.95. The Balaban J connectivity index is 2.06. The maximum absolute atomic E-state index is 11.3. The second-order valence-electron chi connectivity index (χ2n) is 5.02. The standard InChI is InChI=1S/C14H19NO/c1-10(2)13-8-15(9-13)14-6-4-5-12(7-14)11(3)16/h4-7,10,13H,8-9H2,1-3H3. The lowest BCUT2D eigenvalue weighted by molar-refractivity contribution is 0.101. The highest BCUT2D eigenvalue weighted by Gasteiger charge is 2.29. The minimum atomic E-state index is 0.141. The molecule has 0 amide bonds. The highest BCUT2D eigenvalue weighted by Crippen LogP contribution is 2.29. The minimum absolute atomic E-state index is 0.141. The van der Waals surface area contributed by atoms with Gasteiger partial charge in [-0.3, -0.25) is 4.79 Å². The SMILES string of the molecule is CC(=O)c1cccc(N2CC(C(C)C)C2)c1. The van der Waals surface area contributed by atoms with Gasteiger partial charge in [0.15, 0.2) is 5.78 Å². The third-order valence-corrected chi connectivity index (χ3v) is 3.47. The number of carbonyl (C=O) groups is 1. The summed E-state index contributed by atoms with van der Waals surface area (Å²) in [5, 5.41) is 0. The Morgan fingerprint density at radius 1 is 1.38 bits per heavy atom. The first-order valence-electron chi connectivity index (χ1n) is 5.94. The lowest BCUT2D eigenvalue weighted by atomic mass is 9.88. The lowest BCUT2D eigenvalue weighted by Crippen LogP contribution is -2.49. The molecule has 1 saturated heterocycles. The number of carbonyl (C=O) groups excluding carboxylic acids is 1. The van der Waals surface area contributed by atoms with E-state index in [0.717, 1.165) is 30.5 Å². The Labute approximate surface area is 97.3 Å². The molecule has 0 atom stereocenters. The molecule has 1 aromatic carbocycles. The molecule has 2 heteroatoms. The van der Waals surface area contributed by atoms with Crippen molar-refractivity contribution < 1.29 is 4.79 Å². The third kappa shape index (κ3) is 2.11. The smallest absolute Gasteiger partial charge is 0.159 e. The maximum Gasteiger partial charge on any atom is 0.159 e. The predicted octanol–water partition coefficient (Wildman–Crippen LogP) is 2.98. The van der Waals surface area contributed by atoms with Crippen LogP contribution in [0.4, 0.5) is 5.69 Å². The van der Waals surface area contributed by atoms with Crippen LogP contribution in [0.3, 0.4) is 0 Å². The van der Waals surface area contributed by atoms with Gasteiger partial charge >= 0.3 is 0 Å². The molecule has 16 heavy (non-hydrogen) atoms. The number of hydrogen-bond donors (Lipinski definition) is 0. The van der Waals surface area contributed by atoms with Crippen molar-refractivity contribution in [2.45, 2.75) is 20.8 Å². The van der Waals surface area contributed by atoms with Crippen LogP contribution in [0.2, 0.25) is 0 Å². The molecule has 1 aliphatic rings. The van der Waals surface area contributed by atoms with E-state index in [2.05, 4.69) is 24.8 Å². The normalized spacial score (nSPS) is 16.4. The van der Waals surface area contributed by atoms with Crippen LogP contribution in [0.5, 0.6) is 0 Å². The van der Waals surface area contributed by atoms with E-state index in [9.17, 15) is 4.79 Å². The molecule has 1 aromatic rings. The first-order chi connectivity index (χ1) is 7.58. The van der Waals surface area contributed by atoms with E-state index in [1.165, 1.54) is 5.69 Å². The Bertz CT molecular complexity index is 391. The monoisotopic (exact) mass is 217 g/mol. The molecule has 0 bridgehead atoms. The van der Waals surface area contributed by atoms with Crippen molar-refractivity contribution >= 4 is 11.5 Å². The zero-order valence-corrected chi connectivity index (χ0v) is 10.2. The van der Waals surface area contributed by atoms with Crippen LogP contribution in [0.15, 0.2) is 24.3 Å². The molecule has 0 saturated carbocycles. The minimum Gasteiger partial charge on any atom is -0.371 e. The van der Waals surface area contributed by atoms with Crippen LogP contribution in [0.25, 0.3) is 0 Å². The van der Waals surface area contributed by atoms with Crippen LogP contribution in [0, 0.1) is 11.8 Å². The molecule has 1 fully saturated rings. The van der Waals surface area contributed by atoms with Crippen LogP contribution < -0.4 is 4.90 Å². The van der Waals surface area contributed by atoms with Gasteiger partial charge in [0, 0.05) is 24.3 Å². The Morgan fingerprint density at radius 2 is 2.06 bits per heavy atom. The van der Waals surface area contributed by atoms with Gasteiger partial charge in [-0.25, -0.2) is 0 Å². The van der Waals surface area contributed by atoms with E-state index in [1.54, 1.807) is 6.92 Å². The predicted molar refractivity (Wildman–Crippen MR) is 67.0 cm³/mol. The molecule has 0 unspecified atom stereocenters. The molecule has 1 aliphatic heterocycles.